The van der Waals surface area contributed by atoms with Gasteiger partial charge in [-0.25, -0.2) is 9.78 Å². The Kier molecular flexibility index (Phi) is 5.38. The minimum atomic E-state index is -0.252. The van der Waals surface area contributed by atoms with Gasteiger partial charge in [0.05, 0.1) is 5.56 Å². The van der Waals surface area contributed by atoms with Crippen LogP contribution in [0.4, 0.5) is 4.79 Å². The number of rotatable bonds is 4. The van der Waals surface area contributed by atoms with Crippen molar-refractivity contribution in [2.24, 2.45) is 0 Å². The largest absolute Gasteiger partial charge is 0.350 e. The Morgan fingerprint density at radius 1 is 1.28 bits per heavy atom. The van der Waals surface area contributed by atoms with Crippen LogP contribution in [0.2, 0.25) is 5.15 Å². The van der Waals surface area contributed by atoms with Gasteiger partial charge in [-0.1, -0.05) is 11.6 Å². The molecule has 18 heavy (non-hydrogen) atoms. The third-order valence-corrected chi connectivity index (χ3v) is 2.31. The highest BCUT2D eigenvalue weighted by Crippen LogP contribution is 2.04. The molecule has 1 aromatic rings. The van der Waals surface area contributed by atoms with Gasteiger partial charge in [-0.3, -0.25) is 4.79 Å². The lowest BCUT2D eigenvalue weighted by Gasteiger charge is -2.12. The standard InChI is InChI=1S/C11H15ClN4O2/c1-16(2)11(18)14-6-5-13-10(17)8-3-4-9(12)15-7-8/h3-4,7H,5-6H2,1-2H3,(H,13,17)(H,14,18). The first-order chi connectivity index (χ1) is 8.50. The Labute approximate surface area is 110 Å². The van der Waals surface area contributed by atoms with Gasteiger partial charge >= 0.3 is 6.03 Å². The number of nitrogens with zero attached hydrogens (tertiary/aromatic N) is 2. The third kappa shape index (κ3) is 4.58. The topological polar surface area (TPSA) is 74.3 Å². The van der Waals surface area contributed by atoms with Crippen molar-refractivity contribution < 1.29 is 9.59 Å². The summed E-state index contributed by atoms with van der Waals surface area (Å²) in [6, 6.07) is 2.94. The van der Waals surface area contributed by atoms with E-state index in [0.29, 0.717) is 23.8 Å². The molecule has 1 aromatic heterocycles. The molecule has 1 heterocycles. The molecule has 7 heteroatoms. The predicted molar refractivity (Wildman–Crippen MR) is 68.7 cm³/mol. The van der Waals surface area contributed by atoms with Crippen molar-refractivity contribution in [3.8, 4) is 0 Å². The molecule has 0 aliphatic carbocycles. The highest BCUT2D eigenvalue weighted by atomic mass is 35.5. The van der Waals surface area contributed by atoms with Gasteiger partial charge in [-0.15, -0.1) is 0 Å². The number of aromatic nitrogens is 1. The first-order valence-corrected chi connectivity index (χ1v) is 5.73. The number of pyridine rings is 1. The third-order valence-electron chi connectivity index (χ3n) is 2.08. The SMILES string of the molecule is CN(C)C(=O)NCCNC(=O)c1ccc(Cl)nc1. The fourth-order valence-electron chi connectivity index (χ4n) is 1.12. The Hall–Kier alpha value is -1.82. The normalized spacial score (nSPS) is 9.72. The number of carbonyl (C=O) groups excluding carboxylic acids is 2. The number of urea groups is 1. The molecule has 0 saturated heterocycles. The molecule has 0 radical (unpaired) electrons. The summed E-state index contributed by atoms with van der Waals surface area (Å²) in [7, 11) is 3.29. The van der Waals surface area contributed by atoms with E-state index in [1.807, 2.05) is 0 Å². The highest BCUT2D eigenvalue weighted by molar-refractivity contribution is 6.29. The van der Waals surface area contributed by atoms with Crippen molar-refractivity contribution in [1.29, 1.82) is 0 Å². The quantitative estimate of drug-likeness (QED) is 0.626. The van der Waals surface area contributed by atoms with E-state index in [1.165, 1.54) is 11.1 Å². The Morgan fingerprint density at radius 3 is 2.50 bits per heavy atom. The summed E-state index contributed by atoms with van der Waals surface area (Å²) in [6.45, 7) is 0.713. The molecule has 0 unspecified atom stereocenters. The molecule has 1 rings (SSSR count). The van der Waals surface area contributed by atoms with E-state index in [9.17, 15) is 9.59 Å². The monoisotopic (exact) mass is 270 g/mol. The van der Waals surface area contributed by atoms with Crippen molar-refractivity contribution in [3.05, 3.63) is 29.0 Å². The minimum absolute atomic E-state index is 0.197. The maximum atomic E-state index is 11.6. The zero-order valence-electron chi connectivity index (χ0n) is 10.2. The summed E-state index contributed by atoms with van der Waals surface area (Å²) in [4.78, 5) is 28.0. The first-order valence-electron chi connectivity index (χ1n) is 5.35. The number of hydrogen-bond acceptors (Lipinski definition) is 3. The van der Waals surface area contributed by atoms with Gasteiger partial charge in [0, 0.05) is 33.4 Å². The number of amides is 3. The summed E-state index contributed by atoms with van der Waals surface area (Å²) in [5.41, 5.74) is 0.429. The molecule has 0 spiro atoms. The van der Waals surface area contributed by atoms with Gasteiger partial charge < -0.3 is 15.5 Å². The van der Waals surface area contributed by atoms with Crippen LogP contribution in [-0.2, 0) is 0 Å². The fraction of sp³-hybridized carbons (Fsp3) is 0.364. The van der Waals surface area contributed by atoms with Gasteiger partial charge in [0.25, 0.3) is 5.91 Å². The summed E-state index contributed by atoms with van der Waals surface area (Å²) in [5, 5.41) is 5.63. The van der Waals surface area contributed by atoms with E-state index in [0.717, 1.165) is 0 Å². The van der Waals surface area contributed by atoms with Crippen LogP contribution in [0.5, 0.6) is 0 Å². The summed E-state index contributed by atoms with van der Waals surface area (Å²) >= 11 is 5.61. The van der Waals surface area contributed by atoms with E-state index in [2.05, 4.69) is 15.6 Å². The molecule has 0 atom stereocenters. The molecule has 98 valence electrons. The molecule has 0 saturated carbocycles. The van der Waals surface area contributed by atoms with Crippen LogP contribution < -0.4 is 10.6 Å². The average Bonchev–Trinajstić information content (AvgIpc) is 2.34. The molecule has 3 amide bonds. The number of nitrogens with one attached hydrogen (secondary N) is 2. The second-order valence-electron chi connectivity index (χ2n) is 3.75. The molecule has 0 aliphatic rings. The van der Waals surface area contributed by atoms with Crippen LogP contribution in [0, 0.1) is 0 Å². The number of halogens is 1. The second kappa shape index (κ2) is 6.80. The molecule has 0 bridgehead atoms. The fourth-order valence-corrected chi connectivity index (χ4v) is 1.23. The van der Waals surface area contributed by atoms with Crippen LogP contribution in [0.25, 0.3) is 0 Å². The summed E-state index contributed by atoms with van der Waals surface area (Å²) < 4.78 is 0. The second-order valence-corrected chi connectivity index (χ2v) is 4.14. The van der Waals surface area contributed by atoms with E-state index < -0.39 is 0 Å². The highest BCUT2D eigenvalue weighted by Gasteiger charge is 2.06. The Balaban J connectivity index is 2.29. The van der Waals surface area contributed by atoms with Gasteiger partial charge in [-0.05, 0) is 12.1 Å². The lowest BCUT2D eigenvalue weighted by Crippen LogP contribution is -2.39. The number of carbonyl (C=O) groups is 2. The molecular weight excluding hydrogens is 256 g/mol. The van der Waals surface area contributed by atoms with Crippen molar-refractivity contribution in [2.75, 3.05) is 27.2 Å². The van der Waals surface area contributed by atoms with Crippen molar-refractivity contribution in [3.63, 3.8) is 0 Å². The molecule has 6 nitrogen and oxygen atoms in total. The van der Waals surface area contributed by atoms with Crippen LogP contribution in [0.3, 0.4) is 0 Å². The van der Waals surface area contributed by atoms with Gasteiger partial charge in [0.15, 0.2) is 0 Å². The van der Waals surface area contributed by atoms with E-state index in [-0.39, 0.29) is 11.9 Å². The van der Waals surface area contributed by atoms with Crippen LogP contribution >= 0.6 is 11.6 Å². The van der Waals surface area contributed by atoms with Crippen LogP contribution in [-0.4, -0.2) is 49.0 Å². The Morgan fingerprint density at radius 2 is 1.94 bits per heavy atom. The van der Waals surface area contributed by atoms with Gasteiger partial charge in [0.2, 0.25) is 0 Å². The lowest BCUT2D eigenvalue weighted by molar-refractivity contribution is 0.0953. The average molecular weight is 271 g/mol. The van der Waals surface area contributed by atoms with Crippen LogP contribution in [0.15, 0.2) is 18.3 Å². The van der Waals surface area contributed by atoms with Gasteiger partial charge in [0.1, 0.15) is 5.15 Å². The van der Waals surface area contributed by atoms with Crippen molar-refractivity contribution in [1.82, 2.24) is 20.5 Å². The number of hydrogen-bond donors (Lipinski definition) is 2. The summed E-state index contributed by atoms with van der Waals surface area (Å²) in [5.74, 6) is -0.252. The maximum absolute atomic E-state index is 11.6. The molecule has 2 N–H and O–H groups in total. The Bertz CT molecular complexity index is 420. The zero-order valence-corrected chi connectivity index (χ0v) is 11.0. The molecular formula is C11H15ClN4O2. The van der Waals surface area contributed by atoms with Crippen molar-refractivity contribution in [2.45, 2.75) is 0 Å². The van der Waals surface area contributed by atoms with Gasteiger partial charge in [-0.2, -0.15) is 0 Å². The molecule has 0 aromatic carbocycles. The summed E-state index contributed by atoms with van der Waals surface area (Å²) in [6.07, 6.45) is 1.40. The first kappa shape index (κ1) is 14.2. The van der Waals surface area contributed by atoms with Crippen molar-refractivity contribution >= 4 is 23.5 Å². The smallest absolute Gasteiger partial charge is 0.316 e. The predicted octanol–water partition coefficient (Wildman–Crippen LogP) is 0.736. The lowest BCUT2D eigenvalue weighted by atomic mass is 10.3. The van der Waals surface area contributed by atoms with E-state index in [1.54, 1.807) is 26.2 Å². The maximum Gasteiger partial charge on any atom is 0.316 e. The zero-order chi connectivity index (χ0) is 13.5. The molecule has 0 fully saturated rings. The minimum Gasteiger partial charge on any atom is -0.350 e. The van der Waals surface area contributed by atoms with E-state index >= 15 is 0 Å². The molecule has 0 aliphatic heterocycles. The van der Waals surface area contributed by atoms with Crippen LogP contribution in [0.1, 0.15) is 10.4 Å². The van der Waals surface area contributed by atoms with E-state index in [4.69, 9.17) is 11.6 Å².